The lowest BCUT2D eigenvalue weighted by molar-refractivity contribution is -0.385. The molecule has 1 N–H and O–H groups in total. The van der Waals surface area contributed by atoms with Crippen LogP contribution in [-0.4, -0.2) is 40.2 Å². The standard InChI is InChI=1S/C18H16N2O4.C18H17NO2.H2/c1-11-7-15(17(20(23)24)8-12(11)2)18(22)19-14(10-21)9-13-5-3-4-6-16(13)19;1-11-8-15-12(10-17(11)20)6-7-14-9-13-4-2-3-5-16(13)19(14)18(15)21;/h3-8,10,14H,9H2,1-2H3;2-5,8,10,14,20H,6-7,9H2,1H3;1H/t;14-;/m.1./s1. The quantitative estimate of drug-likeness (QED) is 0.163. The van der Waals surface area contributed by atoms with Gasteiger partial charge < -0.3 is 14.8 Å². The van der Waals surface area contributed by atoms with E-state index in [1.165, 1.54) is 22.6 Å². The van der Waals surface area contributed by atoms with Crippen molar-refractivity contribution in [3.63, 3.8) is 0 Å². The van der Waals surface area contributed by atoms with Crippen LogP contribution >= 0.6 is 0 Å². The van der Waals surface area contributed by atoms with Gasteiger partial charge in [-0.25, -0.2) is 0 Å². The number of anilines is 2. The van der Waals surface area contributed by atoms with Crippen molar-refractivity contribution < 1.29 is 25.8 Å². The normalized spacial score (nSPS) is 17.7. The van der Waals surface area contributed by atoms with Crippen molar-refractivity contribution in [3.8, 4) is 5.75 Å². The van der Waals surface area contributed by atoms with E-state index in [9.17, 15) is 29.6 Å². The first-order valence-corrected chi connectivity index (χ1v) is 14.9. The lowest BCUT2D eigenvalue weighted by atomic mass is 9.98. The molecule has 2 amide bonds. The number of para-hydroxylation sites is 2. The molecule has 2 atom stereocenters. The summed E-state index contributed by atoms with van der Waals surface area (Å²) in [5, 5.41) is 21.3. The maximum Gasteiger partial charge on any atom is 0.282 e. The summed E-state index contributed by atoms with van der Waals surface area (Å²) in [5.41, 5.74) is 7.59. The third kappa shape index (κ3) is 5.24. The fraction of sp³-hybridized carbons (Fsp3) is 0.250. The van der Waals surface area contributed by atoms with Gasteiger partial charge >= 0.3 is 0 Å². The van der Waals surface area contributed by atoms with Crippen LogP contribution in [0.4, 0.5) is 17.1 Å². The van der Waals surface area contributed by atoms with Crippen molar-refractivity contribution in [2.24, 2.45) is 0 Å². The molecule has 3 aliphatic heterocycles. The Labute approximate surface area is 262 Å². The molecule has 9 nitrogen and oxygen atoms in total. The van der Waals surface area contributed by atoms with Crippen LogP contribution in [0.1, 0.15) is 61.9 Å². The summed E-state index contributed by atoms with van der Waals surface area (Å²) in [5.74, 6) is -0.170. The first-order valence-electron chi connectivity index (χ1n) is 14.9. The third-order valence-corrected chi connectivity index (χ3v) is 9.12. The van der Waals surface area contributed by atoms with Crippen molar-refractivity contribution in [1.29, 1.82) is 0 Å². The van der Waals surface area contributed by atoms with E-state index in [0.29, 0.717) is 18.4 Å². The van der Waals surface area contributed by atoms with E-state index in [1.807, 2.05) is 48.2 Å². The lowest BCUT2D eigenvalue weighted by Crippen LogP contribution is -2.39. The molecule has 4 aromatic carbocycles. The van der Waals surface area contributed by atoms with Gasteiger partial charge in [-0.1, -0.05) is 36.4 Å². The van der Waals surface area contributed by atoms with Crippen LogP contribution in [0.15, 0.2) is 72.8 Å². The Morgan fingerprint density at radius 2 is 1.56 bits per heavy atom. The summed E-state index contributed by atoms with van der Waals surface area (Å²) in [6.07, 6.45) is 3.84. The Morgan fingerprint density at radius 1 is 0.911 bits per heavy atom. The van der Waals surface area contributed by atoms with Crippen molar-refractivity contribution >= 4 is 35.2 Å². The minimum absolute atomic E-state index is 0. The summed E-state index contributed by atoms with van der Waals surface area (Å²) >= 11 is 0. The summed E-state index contributed by atoms with van der Waals surface area (Å²) in [6.45, 7) is 5.39. The van der Waals surface area contributed by atoms with Gasteiger partial charge in [-0.05, 0) is 104 Å². The number of aldehydes is 1. The van der Waals surface area contributed by atoms with Crippen molar-refractivity contribution in [1.82, 2.24) is 0 Å². The molecule has 9 heteroatoms. The number of carbonyl (C=O) groups is 3. The topological polar surface area (TPSA) is 121 Å². The fourth-order valence-corrected chi connectivity index (χ4v) is 6.60. The van der Waals surface area contributed by atoms with Gasteiger partial charge in [-0.2, -0.15) is 0 Å². The number of nitrogens with zero attached hydrogens (tertiary/aromatic N) is 3. The second-order valence-corrected chi connectivity index (χ2v) is 11.9. The summed E-state index contributed by atoms with van der Waals surface area (Å²) in [4.78, 5) is 51.6. The zero-order valence-corrected chi connectivity index (χ0v) is 25.3. The molecule has 0 spiro atoms. The largest absolute Gasteiger partial charge is 0.508 e. The van der Waals surface area contributed by atoms with E-state index < -0.39 is 16.9 Å². The molecule has 3 aliphatic rings. The molecule has 0 radical (unpaired) electrons. The first-order chi connectivity index (χ1) is 21.6. The highest BCUT2D eigenvalue weighted by atomic mass is 16.6. The van der Waals surface area contributed by atoms with Crippen LogP contribution in [0.3, 0.4) is 0 Å². The van der Waals surface area contributed by atoms with Crippen LogP contribution in [0, 0.1) is 30.9 Å². The molecule has 0 aromatic heterocycles. The number of nitro groups is 1. The number of phenolic OH excluding ortho intramolecular Hbond substituents is 1. The van der Waals surface area contributed by atoms with Gasteiger partial charge in [0, 0.05) is 36.9 Å². The molecule has 4 aromatic rings. The van der Waals surface area contributed by atoms with Crippen LogP contribution in [-0.2, 0) is 24.1 Å². The van der Waals surface area contributed by atoms with Gasteiger partial charge in [0.05, 0.1) is 11.0 Å². The summed E-state index contributed by atoms with van der Waals surface area (Å²) in [6, 6.07) is 21.5. The van der Waals surface area contributed by atoms with Crippen LogP contribution in [0.25, 0.3) is 0 Å². The van der Waals surface area contributed by atoms with Crippen molar-refractivity contribution in [2.75, 3.05) is 9.80 Å². The number of amides is 2. The number of rotatable bonds is 3. The smallest absolute Gasteiger partial charge is 0.282 e. The molecule has 0 saturated heterocycles. The average molecular weight is 606 g/mol. The van der Waals surface area contributed by atoms with Gasteiger partial charge in [0.25, 0.3) is 17.5 Å². The minimum atomic E-state index is -0.642. The molecule has 0 bridgehead atoms. The Balaban J connectivity index is 0.000000178. The number of nitro benzene ring substituents is 1. The first kappa shape index (κ1) is 29.7. The molecular formula is C36H35N3O6. The number of aryl methyl sites for hydroxylation is 4. The number of hydrogen-bond donors (Lipinski definition) is 1. The molecule has 1 unspecified atom stereocenters. The molecular weight excluding hydrogens is 570 g/mol. The zero-order chi connectivity index (χ0) is 32.0. The molecule has 3 heterocycles. The highest BCUT2D eigenvalue weighted by Crippen LogP contribution is 2.39. The Kier molecular flexibility index (Phi) is 7.70. The zero-order valence-electron chi connectivity index (χ0n) is 25.3. The molecule has 230 valence electrons. The Morgan fingerprint density at radius 3 is 2.24 bits per heavy atom. The fourth-order valence-electron chi connectivity index (χ4n) is 6.60. The van der Waals surface area contributed by atoms with Crippen LogP contribution in [0.2, 0.25) is 0 Å². The van der Waals surface area contributed by atoms with Gasteiger partial charge in [-0.3, -0.25) is 24.6 Å². The Hall–Kier alpha value is -5.31. The predicted octanol–water partition coefficient (Wildman–Crippen LogP) is 6.45. The predicted molar refractivity (Wildman–Crippen MR) is 173 cm³/mol. The monoisotopic (exact) mass is 605 g/mol. The van der Waals surface area contributed by atoms with Gasteiger partial charge in [0.1, 0.15) is 17.6 Å². The molecule has 0 saturated carbocycles. The highest BCUT2D eigenvalue weighted by Gasteiger charge is 2.38. The number of benzene rings is 4. The maximum absolute atomic E-state index is 13.0. The Bertz CT molecular complexity index is 1890. The average Bonchev–Trinajstić information content (AvgIpc) is 3.56. The van der Waals surface area contributed by atoms with E-state index >= 15 is 0 Å². The van der Waals surface area contributed by atoms with Crippen LogP contribution < -0.4 is 9.80 Å². The number of aromatic hydroxyl groups is 1. The molecule has 0 aliphatic carbocycles. The van der Waals surface area contributed by atoms with Crippen molar-refractivity contribution in [3.05, 3.63) is 127 Å². The van der Waals surface area contributed by atoms with E-state index in [-0.39, 0.29) is 30.4 Å². The van der Waals surface area contributed by atoms with E-state index in [1.54, 1.807) is 32.0 Å². The van der Waals surface area contributed by atoms with Gasteiger partial charge in [0.15, 0.2) is 0 Å². The van der Waals surface area contributed by atoms with Crippen LogP contribution in [0.5, 0.6) is 5.75 Å². The summed E-state index contributed by atoms with van der Waals surface area (Å²) < 4.78 is 0. The summed E-state index contributed by atoms with van der Waals surface area (Å²) in [7, 11) is 0. The second kappa shape index (κ2) is 11.6. The SMILES string of the molecule is Cc1cc(C(=O)N2c3ccccc3CC2C=O)c([N+](=O)[O-])cc1C.Cc1cc2c(cc1O)CC[C@@H]1Cc3ccccc3N1C2=O.[HH]. The number of phenols is 1. The minimum Gasteiger partial charge on any atom is -0.508 e. The molecule has 7 rings (SSSR count). The third-order valence-electron chi connectivity index (χ3n) is 9.12. The number of fused-ring (bicyclic) bond motifs is 5. The number of carbonyl (C=O) groups excluding carboxylic acids is 3. The molecule has 0 fully saturated rings. The van der Waals surface area contributed by atoms with E-state index in [4.69, 9.17) is 0 Å². The maximum atomic E-state index is 13.0. The number of hydrogen-bond acceptors (Lipinski definition) is 6. The second-order valence-electron chi connectivity index (χ2n) is 11.9. The molecule has 45 heavy (non-hydrogen) atoms. The lowest BCUT2D eigenvalue weighted by Gasteiger charge is -2.23. The van der Waals surface area contributed by atoms with Gasteiger partial charge in [0.2, 0.25) is 0 Å². The highest BCUT2D eigenvalue weighted by molar-refractivity contribution is 6.12. The van der Waals surface area contributed by atoms with Gasteiger partial charge in [-0.15, -0.1) is 0 Å². The van der Waals surface area contributed by atoms with E-state index in [2.05, 4.69) is 6.07 Å². The van der Waals surface area contributed by atoms with Crippen molar-refractivity contribution in [2.45, 2.75) is 58.5 Å². The van der Waals surface area contributed by atoms with E-state index in [0.717, 1.165) is 58.3 Å².